The van der Waals surface area contributed by atoms with E-state index in [0.29, 0.717) is 17.0 Å². The van der Waals surface area contributed by atoms with Crippen molar-refractivity contribution in [1.82, 2.24) is 5.32 Å². The molecule has 0 radical (unpaired) electrons. The van der Waals surface area contributed by atoms with E-state index in [0.717, 1.165) is 17.7 Å². The van der Waals surface area contributed by atoms with E-state index in [2.05, 4.69) is 31.6 Å². The molecule has 1 aliphatic heterocycles. The maximum absolute atomic E-state index is 13.4. The third kappa shape index (κ3) is 4.81. The monoisotopic (exact) mass is 530 g/mol. The first-order valence-electron chi connectivity index (χ1n) is 10.1. The summed E-state index contributed by atoms with van der Waals surface area (Å²) < 4.78 is 40.5. The molecule has 3 aromatic rings. The summed E-state index contributed by atoms with van der Waals surface area (Å²) in [5.74, 6) is -0.541. The van der Waals surface area contributed by atoms with Crippen LogP contribution < -0.4 is 15.5 Å². The summed E-state index contributed by atoms with van der Waals surface area (Å²) in [4.78, 5) is 31.7. The number of carbonyl (C=O) groups excluding carboxylic acids is 2. The number of benzodiazepines with no additional fused rings is 1. The summed E-state index contributed by atoms with van der Waals surface area (Å²) in [5, 5.41) is 4.60. The van der Waals surface area contributed by atoms with Gasteiger partial charge in [-0.2, -0.15) is 13.2 Å². The van der Waals surface area contributed by atoms with E-state index in [-0.39, 0.29) is 4.47 Å². The summed E-state index contributed by atoms with van der Waals surface area (Å²) in [6.07, 6.45) is -6.05. The van der Waals surface area contributed by atoms with Gasteiger partial charge in [0.15, 0.2) is 0 Å². The number of alkyl halides is 3. The van der Waals surface area contributed by atoms with Crippen molar-refractivity contribution in [1.29, 1.82) is 0 Å². The lowest BCUT2D eigenvalue weighted by Gasteiger charge is -2.21. The zero-order valence-corrected chi connectivity index (χ0v) is 19.3. The summed E-state index contributed by atoms with van der Waals surface area (Å²) in [6.45, 7) is 0. The number of halogens is 4. The molecule has 3 amide bonds. The number of amides is 3. The zero-order valence-electron chi connectivity index (χ0n) is 17.7. The van der Waals surface area contributed by atoms with E-state index >= 15 is 0 Å². The molecule has 4 rings (SSSR count). The van der Waals surface area contributed by atoms with Crippen LogP contribution in [0.15, 0.2) is 82.3 Å². The molecule has 174 valence electrons. The second kappa shape index (κ2) is 9.30. The van der Waals surface area contributed by atoms with Crippen LogP contribution in [0.1, 0.15) is 16.7 Å². The summed E-state index contributed by atoms with van der Waals surface area (Å²) in [5.41, 5.74) is 0.991. The highest BCUT2D eigenvalue weighted by atomic mass is 79.9. The molecular weight excluding hydrogens is 513 g/mol. The molecule has 0 saturated carbocycles. The topological polar surface area (TPSA) is 73.8 Å². The number of likely N-dealkylation sites (N-methyl/N-ethyl adjacent to an activating group) is 1. The smallest absolute Gasteiger partial charge is 0.311 e. The number of anilines is 2. The highest BCUT2D eigenvalue weighted by Gasteiger charge is 2.35. The Morgan fingerprint density at radius 2 is 1.71 bits per heavy atom. The van der Waals surface area contributed by atoms with E-state index in [1.165, 1.54) is 11.0 Å². The quantitative estimate of drug-likeness (QED) is 0.473. The Morgan fingerprint density at radius 1 is 1.03 bits per heavy atom. The standard InChI is InChI=1S/C24H18BrF3N4O2/c1-32-19-10-6-5-9-16(19)20(14-7-3-2-4-8-14)30-21(22(32)33)31-23(34)29-18-12-11-15(25)13-17(18)24(26,27)28/h2-13,21H,1H3,(H2,29,31,34)/t21-/m1/s1. The third-order valence-electron chi connectivity index (χ3n) is 5.19. The summed E-state index contributed by atoms with van der Waals surface area (Å²) in [6, 6.07) is 18.6. The number of nitrogens with zero attached hydrogens (tertiary/aromatic N) is 2. The van der Waals surface area contributed by atoms with Gasteiger partial charge in [-0.05, 0) is 24.3 Å². The van der Waals surface area contributed by atoms with Gasteiger partial charge in [-0.1, -0.05) is 64.5 Å². The predicted molar refractivity (Wildman–Crippen MR) is 127 cm³/mol. The second-order valence-corrected chi connectivity index (χ2v) is 8.36. The van der Waals surface area contributed by atoms with Crippen LogP contribution in [-0.2, 0) is 11.0 Å². The Kier molecular flexibility index (Phi) is 6.43. The fourth-order valence-electron chi connectivity index (χ4n) is 3.59. The van der Waals surface area contributed by atoms with Crippen molar-refractivity contribution >= 4 is 45.0 Å². The van der Waals surface area contributed by atoms with Gasteiger partial charge in [0, 0.05) is 22.6 Å². The minimum atomic E-state index is -4.69. The molecule has 0 fully saturated rings. The van der Waals surface area contributed by atoms with Crippen molar-refractivity contribution in [3.05, 3.63) is 94.0 Å². The Balaban J connectivity index is 1.68. The highest BCUT2D eigenvalue weighted by molar-refractivity contribution is 9.10. The van der Waals surface area contributed by atoms with Crippen molar-refractivity contribution in [3.8, 4) is 0 Å². The highest BCUT2D eigenvalue weighted by Crippen LogP contribution is 2.36. The molecule has 1 aliphatic rings. The van der Waals surface area contributed by atoms with E-state index in [9.17, 15) is 22.8 Å². The van der Waals surface area contributed by atoms with Gasteiger partial charge < -0.3 is 15.5 Å². The average Bonchev–Trinajstić information content (AvgIpc) is 2.91. The number of hydrogen-bond donors (Lipinski definition) is 2. The molecular formula is C24H18BrF3N4O2. The van der Waals surface area contributed by atoms with Crippen LogP contribution >= 0.6 is 15.9 Å². The predicted octanol–water partition coefficient (Wildman–Crippen LogP) is 5.43. The van der Waals surface area contributed by atoms with E-state index in [1.54, 1.807) is 19.2 Å². The van der Waals surface area contributed by atoms with Gasteiger partial charge in [-0.15, -0.1) is 0 Å². The number of carbonyl (C=O) groups is 2. The number of urea groups is 1. The minimum absolute atomic E-state index is 0.209. The molecule has 2 N–H and O–H groups in total. The molecule has 10 heteroatoms. The fourth-order valence-corrected chi connectivity index (χ4v) is 3.95. The molecule has 34 heavy (non-hydrogen) atoms. The Morgan fingerprint density at radius 3 is 2.41 bits per heavy atom. The van der Waals surface area contributed by atoms with E-state index in [1.807, 2.05) is 42.5 Å². The first-order valence-corrected chi connectivity index (χ1v) is 10.9. The van der Waals surface area contributed by atoms with Gasteiger partial charge in [0.2, 0.25) is 6.17 Å². The normalized spacial score (nSPS) is 15.8. The van der Waals surface area contributed by atoms with Gasteiger partial charge in [-0.25, -0.2) is 9.79 Å². The maximum Gasteiger partial charge on any atom is 0.418 e. The summed E-state index contributed by atoms with van der Waals surface area (Å²) in [7, 11) is 1.55. The minimum Gasteiger partial charge on any atom is -0.311 e. The van der Waals surface area contributed by atoms with Crippen LogP contribution in [-0.4, -0.2) is 30.9 Å². The van der Waals surface area contributed by atoms with Crippen LogP contribution in [0.3, 0.4) is 0 Å². The van der Waals surface area contributed by atoms with Crippen molar-refractivity contribution in [2.75, 3.05) is 17.3 Å². The number of aliphatic imine (C=N–C) groups is 1. The van der Waals surface area contributed by atoms with Crippen LogP contribution in [0, 0.1) is 0 Å². The number of benzene rings is 3. The molecule has 0 aliphatic carbocycles. The SMILES string of the molecule is CN1C(=O)[C@@H](NC(=O)Nc2ccc(Br)cc2C(F)(F)F)N=C(c2ccccc2)c2ccccc21. The molecule has 1 atom stereocenters. The zero-order chi connectivity index (χ0) is 24.5. The first-order chi connectivity index (χ1) is 16.1. The number of rotatable bonds is 3. The van der Waals surface area contributed by atoms with Gasteiger partial charge in [0.25, 0.3) is 5.91 Å². The molecule has 1 heterocycles. The average molecular weight is 531 g/mol. The number of fused-ring (bicyclic) bond motifs is 1. The second-order valence-electron chi connectivity index (χ2n) is 7.45. The maximum atomic E-state index is 13.4. The Hall–Kier alpha value is -3.66. The number of para-hydroxylation sites is 1. The van der Waals surface area contributed by atoms with Gasteiger partial charge in [0.05, 0.1) is 22.6 Å². The molecule has 0 spiro atoms. The van der Waals surface area contributed by atoms with E-state index < -0.39 is 35.5 Å². The lowest BCUT2D eigenvalue weighted by atomic mass is 10.0. The van der Waals surface area contributed by atoms with Crippen molar-refractivity contribution < 1.29 is 22.8 Å². The van der Waals surface area contributed by atoms with E-state index in [4.69, 9.17) is 0 Å². The van der Waals surface area contributed by atoms with Gasteiger partial charge >= 0.3 is 12.2 Å². The van der Waals surface area contributed by atoms with Crippen LogP contribution in [0.2, 0.25) is 0 Å². The van der Waals surface area contributed by atoms with Crippen LogP contribution in [0.25, 0.3) is 0 Å². The van der Waals surface area contributed by atoms with Crippen LogP contribution in [0.5, 0.6) is 0 Å². The van der Waals surface area contributed by atoms with Crippen molar-refractivity contribution in [3.63, 3.8) is 0 Å². The van der Waals surface area contributed by atoms with Crippen molar-refractivity contribution in [2.45, 2.75) is 12.3 Å². The molecule has 3 aromatic carbocycles. The molecule has 6 nitrogen and oxygen atoms in total. The molecule has 0 aromatic heterocycles. The number of nitrogens with one attached hydrogen (secondary N) is 2. The Labute approximate surface area is 201 Å². The van der Waals surface area contributed by atoms with Crippen molar-refractivity contribution in [2.24, 2.45) is 4.99 Å². The van der Waals surface area contributed by atoms with Gasteiger partial charge in [-0.3, -0.25) is 4.79 Å². The fraction of sp³-hybridized carbons (Fsp3) is 0.125. The molecule has 0 saturated heterocycles. The van der Waals surface area contributed by atoms with Crippen LogP contribution in [0.4, 0.5) is 29.3 Å². The summed E-state index contributed by atoms with van der Waals surface area (Å²) >= 11 is 3.00. The lowest BCUT2D eigenvalue weighted by Crippen LogP contribution is -2.47. The largest absolute Gasteiger partial charge is 0.418 e. The third-order valence-corrected chi connectivity index (χ3v) is 5.69. The Bertz CT molecular complexity index is 1280. The van der Waals surface area contributed by atoms with Gasteiger partial charge in [0.1, 0.15) is 0 Å². The number of hydrogen-bond acceptors (Lipinski definition) is 3. The molecule has 0 bridgehead atoms. The molecule has 0 unspecified atom stereocenters. The lowest BCUT2D eigenvalue weighted by molar-refractivity contribution is -0.137. The first kappa shape index (κ1) is 23.5.